The molecule has 0 aliphatic rings. The Labute approximate surface area is 170 Å². The molecule has 3 rings (SSSR count). The van der Waals surface area contributed by atoms with Gasteiger partial charge < -0.3 is 19.9 Å². The third-order valence-electron chi connectivity index (χ3n) is 4.59. The van der Waals surface area contributed by atoms with E-state index in [4.69, 9.17) is 4.74 Å². The molecule has 30 heavy (non-hydrogen) atoms. The number of ether oxygens (including phenoxy) is 1. The van der Waals surface area contributed by atoms with Crippen LogP contribution in [0.25, 0.3) is 11.2 Å². The standard InChI is InChI=1S/C19H22N6O5/c1-11(26)21-12-5-6-14(30-4)13(9-12)22-15(27)7-8-25-10-20-17-16(25)18(28)24(3)19(29)23(17)2/h5-6,9-10H,7-8H2,1-4H3,(H,21,26)(H,22,27). The summed E-state index contributed by atoms with van der Waals surface area (Å²) < 4.78 is 9.07. The van der Waals surface area contributed by atoms with Gasteiger partial charge in [-0.3, -0.25) is 23.5 Å². The van der Waals surface area contributed by atoms with E-state index < -0.39 is 11.2 Å². The number of carbonyl (C=O) groups is 2. The quantitative estimate of drug-likeness (QED) is 0.602. The minimum absolute atomic E-state index is 0.0466. The Hall–Kier alpha value is -3.89. The second-order valence-corrected chi connectivity index (χ2v) is 6.71. The van der Waals surface area contributed by atoms with Gasteiger partial charge in [-0.2, -0.15) is 0 Å². The summed E-state index contributed by atoms with van der Waals surface area (Å²) in [5.74, 6) is -0.119. The molecule has 0 saturated heterocycles. The molecule has 0 spiro atoms. The predicted molar refractivity (Wildman–Crippen MR) is 111 cm³/mol. The van der Waals surface area contributed by atoms with Crippen molar-refractivity contribution in [1.82, 2.24) is 18.7 Å². The Morgan fingerprint density at radius 3 is 2.53 bits per heavy atom. The van der Waals surface area contributed by atoms with Crippen LogP contribution in [0.3, 0.4) is 0 Å². The number of benzene rings is 1. The summed E-state index contributed by atoms with van der Waals surface area (Å²) in [6.07, 6.45) is 1.47. The summed E-state index contributed by atoms with van der Waals surface area (Å²) in [6.45, 7) is 1.57. The molecular weight excluding hydrogens is 392 g/mol. The topological polar surface area (TPSA) is 129 Å². The van der Waals surface area contributed by atoms with Crippen LogP contribution >= 0.6 is 0 Å². The monoisotopic (exact) mass is 414 g/mol. The molecule has 0 unspecified atom stereocenters. The third-order valence-corrected chi connectivity index (χ3v) is 4.59. The Bertz CT molecular complexity index is 1250. The lowest BCUT2D eigenvalue weighted by Gasteiger charge is -2.13. The number of fused-ring (bicyclic) bond motifs is 1. The van der Waals surface area contributed by atoms with Crippen molar-refractivity contribution in [3.05, 3.63) is 45.4 Å². The molecule has 0 fully saturated rings. The highest BCUT2D eigenvalue weighted by atomic mass is 16.5. The highest BCUT2D eigenvalue weighted by Gasteiger charge is 2.15. The van der Waals surface area contributed by atoms with Crippen LogP contribution in [0.1, 0.15) is 13.3 Å². The number of nitrogens with zero attached hydrogens (tertiary/aromatic N) is 4. The van der Waals surface area contributed by atoms with Gasteiger partial charge in [0.25, 0.3) is 5.56 Å². The summed E-state index contributed by atoms with van der Waals surface area (Å²) >= 11 is 0. The predicted octanol–water partition coefficient (Wildman–Crippen LogP) is 0.429. The van der Waals surface area contributed by atoms with E-state index in [2.05, 4.69) is 15.6 Å². The van der Waals surface area contributed by atoms with Crippen molar-refractivity contribution in [3.8, 4) is 5.75 Å². The fourth-order valence-corrected chi connectivity index (χ4v) is 3.09. The number of aromatic nitrogens is 4. The van der Waals surface area contributed by atoms with Crippen molar-refractivity contribution >= 4 is 34.4 Å². The second-order valence-electron chi connectivity index (χ2n) is 6.71. The fourth-order valence-electron chi connectivity index (χ4n) is 3.09. The highest BCUT2D eigenvalue weighted by Crippen LogP contribution is 2.28. The van der Waals surface area contributed by atoms with Crippen LogP contribution in [-0.2, 0) is 30.2 Å². The third kappa shape index (κ3) is 3.95. The molecule has 11 nitrogen and oxygen atoms in total. The molecule has 2 aromatic heterocycles. The van der Waals surface area contributed by atoms with Gasteiger partial charge in [0.15, 0.2) is 11.2 Å². The summed E-state index contributed by atoms with van der Waals surface area (Å²) in [5.41, 5.74) is 0.481. The van der Waals surface area contributed by atoms with Crippen molar-refractivity contribution < 1.29 is 14.3 Å². The molecule has 158 valence electrons. The van der Waals surface area contributed by atoms with E-state index in [9.17, 15) is 19.2 Å². The first kappa shape index (κ1) is 20.8. The first-order chi connectivity index (χ1) is 14.2. The zero-order chi connectivity index (χ0) is 22.0. The van der Waals surface area contributed by atoms with Crippen LogP contribution in [-0.4, -0.2) is 37.6 Å². The zero-order valence-corrected chi connectivity index (χ0v) is 17.1. The molecule has 0 bridgehead atoms. The largest absolute Gasteiger partial charge is 0.495 e. The maximum absolute atomic E-state index is 12.5. The normalized spacial score (nSPS) is 10.8. The number of rotatable bonds is 6. The van der Waals surface area contributed by atoms with Gasteiger partial charge in [0.05, 0.1) is 19.1 Å². The second kappa shape index (κ2) is 8.23. The molecule has 0 atom stereocenters. The molecule has 0 saturated carbocycles. The van der Waals surface area contributed by atoms with E-state index in [-0.39, 0.29) is 35.9 Å². The SMILES string of the molecule is COc1ccc(NC(C)=O)cc1NC(=O)CCn1cnc2c1c(=O)n(C)c(=O)n2C. The van der Waals surface area contributed by atoms with Crippen LogP contribution in [0.2, 0.25) is 0 Å². The van der Waals surface area contributed by atoms with Gasteiger partial charge in [-0.25, -0.2) is 9.78 Å². The van der Waals surface area contributed by atoms with Gasteiger partial charge in [0.2, 0.25) is 11.8 Å². The fraction of sp³-hybridized carbons (Fsp3) is 0.316. The minimum atomic E-state index is -0.476. The molecule has 0 radical (unpaired) electrons. The van der Waals surface area contributed by atoms with E-state index in [1.165, 1.54) is 39.0 Å². The Morgan fingerprint density at radius 1 is 1.13 bits per heavy atom. The van der Waals surface area contributed by atoms with Crippen LogP contribution in [0, 0.1) is 0 Å². The summed E-state index contributed by atoms with van der Waals surface area (Å²) in [5, 5.41) is 5.39. The van der Waals surface area contributed by atoms with Crippen LogP contribution in [0.5, 0.6) is 5.75 Å². The Balaban J connectivity index is 1.80. The van der Waals surface area contributed by atoms with Gasteiger partial charge in [0, 0.05) is 39.7 Å². The average Bonchev–Trinajstić information content (AvgIpc) is 3.13. The number of amides is 2. The molecule has 0 aliphatic heterocycles. The summed E-state index contributed by atoms with van der Waals surface area (Å²) in [6, 6.07) is 4.89. The van der Waals surface area contributed by atoms with Gasteiger partial charge in [0.1, 0.15) is 5.75 Å². The highest BCUT2D eigenvalue weighted by molar-refractivity contribution is 5.95. The van der Waals surface area contributed by atoms with Gasteiger partial charge in [-0.15, -0.1) is 0 Å². The molecule has 2 amide bonds. The first-order valence-corrected chi connectivity index (χ1v) is 9.09. The van der Waals surface area contributed by atoms with Crippen LogP contribution < -0.4 is 26.6 Å². The minimum Gasteiger partial charge on any atom is -0.495 e. The van der Waals surface area contributed by atoms with E-state index in [0.29, 0.717) is 17.1 Å². The van der Waals surface area contributed by atoms with Crippen molar-refractivity contribution in [3.63, 3.8) is 0 Å². The zero-order valence-electron chi connectivity index (χ0n) is 17.1. The smallest absolute Gasteiger partial charge is 0.332 e. The van der Waals surface area contributed by atoms with Gasteiger partial charge in [-0.1, -0.05) is 0 Å². The number of hydrogen-bond acceptors (Lipinski definition) is 6. The summed E-state index contributed by atoms with van der Waals surface area (Å²) in [7, 11) is 4.39. The van der Waals surface area contributed by atoms with Gasteiger partial charge >= 0.3 is 5.69 Å². The Morgan fingerprint density at radius 2 is 1.87 bits per heavy atom. The molecule has 2 heterocycles. The first-order valence-electron chi connectivity index (χ1n) is 9.09. The van der Waals surface area contributed by atoms with E-state index in [1.54, 1.807) is 22.8 Å². The van der Waals surface area contributed by atoms with Gasteiger partial charge in [-0.05, 0) is 18.2 Å². The Kier molecular flexibility index (Phi) is 5.72. The van der Waals surface area contributed by atoms with E-state index in [0.717, 1.165) is 4.57 Å². The van der Waals surface area contributed by atoms with Crippen LogP contribution in [0.15, 0.2) is 34.1 Å². The molecule has 3 aromatic rings. The molecule has 11 heteroatoms. The van der Waals surface area contributed by atoms with Crippen molar-refractivity contribution in [1.29, 1.82) is 0 Å². The lowest BCUT2D eigenvalue weighted by Crippen LogP contribution is -2.37. The molecular formula is C19H22N6O5. The van der Waals surface area contributed by atoms with Crippen molar-refractivity contribution in [2.24, 2.45) is 14.1 Å². The number of hydrogen-bond donors (Lipinski definition) is 2. The number of carbonyl (C=O) groups excluding carboxylic acids is 2. The maximum atomic E-state index is 12.5. The van der Waals surface area contributed by atoms with Crippen molar-refractivity contribution in [2.45, 2.75) is 19.9 Å². The maximum Gasteiger partial charge on any atom is 0.332 e. The number of imidazole rings is 1. The van der Waals surface area contributed by atoms with E-state index >= 15 is 0 Å². The average molecular weight is 414 g/mol. The van der Waals surface area contributed by atoms with Crippen molar-refractivity contribution in [2.75, 3.05) is 17.7 Å². The van der Waals surface area contributed by atoms with Crippen LogP contribution in [0.4, 0.5) is 11.4 Å². The number of nitrogens with one attached hydrogen (secondary N) is 2. The molecule has 2 N–H and O–H groups in total. The number of methoxy groups -OCH3 is 1. The lowest BCUT2D eigenvalue weighted by molar-refractivity contribution is -0.116. The number of anilines is 2. The molecule has 0 aliphatic carbocycles. The lowest BCUT2D eigenvalue weighted by atomic mass is 10.2. The van der Waals surface area contributed by atoms with E-state index in [1.807, 2.05) is 0 Å². The number of aryl methyl sites for hydroxylation is 2. The molecule has 1 aromatic carbocycles. The summed E-state index contributed by atoms with van der Waals surface area (Å²) in [4.78, 5) is 52.4.